The van der Waals surface area contributed by atoms with Gasteiger partial charge in [0, 0.05) is 19.0 Å². The molecule has 0 fully saturated rings. The molecular weight excluding hydrogens is 266 g/mol. The second-order valence-corrected chi connectivity index (χ2v) is 6.23. The molecule has 5 nitrogen and oxygen atoms in total. The van der Waals surface area contributed by atoms with E-state index in [0.717, 1.165) is 5.56 Å². The van der Waals surface area contributed by atoms with Crippen molar-refractivity contribution in [2.75, 3.05) is 6.54 Å². The van der Waals surface area contributed by atoms with Crippen molar-refractivity contribution in [2.45, 2.75) is 45.3 Å². The van der Waals surface area contributed by atoms with Gasteiger partial charge in [-0.2, -0.15) is 0 Å². The van der Waals surface area contributed by atoms with Crippen molar-refractivity contribution in [1.82, 2.24) is 5.32 Å². The molecule has 2 atom stereocenters. The minimum Gasteiger partial charge on any atom is -0.409 e. The van der Waals surface area contributed by atoms with Crippen LogP contribution in [-0.4, -0.2) is 28.3 Å². The van der Waals surface area contributed by atoms with E-state index in [4.69, 9.17) is 10.9 Å². The third-order valence-corrected chi connectivity index (χ3v) is 3.32. The highest BCUT2D eigenvalue weighted by Crippen LogP contribution is 2.20. The topological polar surface area (TPSA) is 90.9 Å². The predicted molar refractivity (Wildman–Crippen MR) is 85.3 cm³/mol. The lowest BCUT2D eigenvalue weighted by Gasteiger charge is -2.29. The molecule has 5 N–H and O–H groups in total. The first kappa shape index (κ1) is 17.5. The molecule has 0 bridgehead atoms. The van der Waals surface area contributed by atoms with Crippen molar-refractivity contribution in [2.24, 2.45) is 16.8 Å². The van der Waals surface area contributed by atoms with Crippen LogP contribution in [0.1, 0.15) is 45.2 Å². The van der Waals surface area contributed by atoms with Gasteiger partial charge >= 0.3 is 0 Å². The molecule has 0 aliphatic heterocycles. The minimum absolute atomic E-state index is 0.0965. The Morgan fingerprint density at radius 3 is 2.48 bits per heavy atom. The number of rotatable bonds is 8. The molecule has 1 aromatic rings. The van der Waals surface area contributed by atoms with Crippen molar-refractivity contribution in [1.29, 1.82) is 0 Å². The third kappa shape index (κ3) is 6.60. The van der Waals surface area contributed by atoms with Crippen LogP contribution in [0.2, 0.25) is 0 Å². The Bertz CT molecular complexity index is 444. The van der Waals surface area contributed by atoms with Crippen molar-refractivity contribution < 1.29 is 10.3 Å². The van der Waals surface area contributed by atoms with Crippen LogP contribution in [0.25, 0.3) is 0 Å². The maximum atomic E-state index is 10.4. The second-order valence-electron chi connectivity index (χ2n) is 6.23. The SMILES string of the molecule is CC(C)CC(C)(O)CNC(CC(N)=NO)c1ccccc1. The Morgan fingerprint density at radius 2 is 1.95 bits per heavy atom. The summed E-state index contributed by atoms with van der Waals surface area (Å²) >= 11 is 0. The Kier molecular flexibility index (Phi) is 6.65. The van der Waals surface area contributed by atoms with Crippen LogP contribution in [0, 0.1) is 5.92 Å². The Balaban J connectivity index is 2.74. The second kappa shape index (κ2) is 8.00. The van der Waals surface area contributed by atoms with Crippen LogP contribution in [0.4, 0.5) is 0 Å². The van der Waals surface area contributed by atoms with Gasteiger partial charge in [0.25, 0.3) is 0 Å². The van der Waals surface area contributed by atoms with Gasteiger partial charge in [0.05, 0.1) is 5.60 Å². The highest BCUT2D eigenvalue weighted by atomic mass is 16.4. The van der Waals surface area contributed by atoms with E-state index in [0.29, 0.717) is 25.3 Å². The summed E-state index contributed by atoms with van der Waals surface area (Å²) in [6.07, 6.45) is 1.10. The zero-order valence-electron chi connectivity index (χ0n) is 13.1. The molecule has 0 aliphatic carbocycles. The first-order valence-electron chi connectivity index (χ1n) is 7.31. The summed E-state index contributed by atoms with van der Waals surface area (Å²) in [7, 11) is 0. The van der Waals surface area contributed by atoms with Crippen molar-refractivity contribution in [3.63, 3.8) is 0 Å². The first-order chi connectivity index (χ1) is 9.84. The van der Waals surface area contributed by atoms with Gasteiger partial charge in [-0.1, -0.05) is 49.3 Å². The van der Waals surface area contributed by atoms with E-state index in [2.05, 4.69) is 24.3 Å². The summed E-state index contributed by atoms with van der Waals surface area (Å²) in [5.41, 5.74) is 5.89. The molecule has 21 heavy (non-hydrogen) atoms. The van der Waals surface area contributed by atoms with E-state index in [1.54, 1.807) is 0 Å². The van der Waals surface area contributed by atoms with Crippen LogP contribution in [0.3, 0.4) is 0 Å². The molecule has 118 valence electrons. The molecule has 0 saturated carbocycles. The summed E-state index contributed by atoms with van der Waals surface area (Å²) in [5, 5.41) is 25.5. The Morgan fingerprint density at radius 1 is 1.33 bits per heavy atom. The molecule has 0 amide bonds. The highest BCUT2D eigenvalue weighted by molar-refractivity contribution is 5.80. The highest BCUT2D eigenvalue weighted by Gasteiger charge is 2.24. The summed E-state index contributed by atoms with van der Waals surface area (Å²) in [5.74, 6) is 0.584. The lowest BCUT2D eigenvalue weighted by molar-refractivity contribution is 0.0360. The molecule has 0 heterocycles. The standard InChI is InChI=1S/C16H27N3O2/c1-12(2)10-16(3,20)11-18-14(9-15(17)19-21)13-7-5-4-6-8-13/h4-8,12,14,18,20-21H,9-11H2,1-3H3,(H2,17,19). The zero-order chi connectivity index (χ0) is 15.9. The van der Waals surface area contributed by atoms with E-state index in [-0.39, 0.29) is 11.9 Å². The van der Waals surface area contributed by atoms with E-state index in [1.165, 1.54) is 0 Å². The fraction of sp³-hybridized carbons (Fsp3) is 0.562. The maximum absolute atomic E-state index is 10.4. The molecule has 1 aromatic carbocycles. The zero-order valence-corrected chi connectivity index (χ0v) is 13.1. The van der Waals surface area contributed by atoms with Crippen LogP contribution in [0.15, 0.2) is 35.5 Å². The number of oxime groups is 1. The first-order valence-corrected chi connectivity index (χ1v) is 7.31. The number of nitrogens with two attached hydrogens (primary N) is 1. The van der Waals surface area contributed by atoms with Gasteiger partial charge in [0.2, 0.25) is 0 Å². The monoisotopic (exact) mass is 293 g/mol. The van der Waals surface area contributed by atoms with Gasteiger partial charge in [-0.3, -0.25) is 0 Å². The quantitative estimate of drug-likeness (QED) is 0.256. The summed E-state index contributed by atoms with van der Waals surface area (Å²) in [4.78, 5) is 0. The van der Waals surface area contributed by atoms with Crippen molar-refractivity contribution in [3.05, 3.63) is 35.9 Å². The fourth-order valence-corrected chi connectivity index (χ4v) is 2.54. The van der Waals surface area contributed by atoms with Crippen LogP contribution >= 0.6 is 0 Å². The van der Waals surface area contributed by atoms with Gasteiger partial charge in [-0.05, 0) is 24.8 Å². The lowest BCUT2D eigenvalue weighted by Crippen LogP contribution is -2.41. The molecular formula is C16H27N3O2. The third-order valence-electron chi connectivity index (χ3n) is 3.32. The van der Waals surface area contributed by atoms with Crippen LogP contribution in [0.5, 0.6) is 0 Å². The van der Waals surface area contributed by atoms with E-state index in [9.17, 15) is 5.11 Å². The largest absolute Gasteiger partial charge is 0.409 e. The molecule has 5 heteroatoms. The summed E-state index contributed by atoms with van der Waals surface area (Å²) in [6, 6.07) is 9.71. The molecule has 2 unspecified atom stereocenters. The normalized spacial score (nSPS) is 16.7. The summed E-state index contributed by atoms with van der Waals surface area (Å²) in [6.45, 7) is 6.44. The Hall–Kier alpha value is -1.59. The van der Waals surface area contributed by atoms with E-state index in [1.807, 2.05) is 37.3 Å². The number of nitrogens with one attached hydrogen (secondary N) is 1. The molecule has 0 spiro atoms. The van der Waals surface area contributed by atoms with E-state index >= 15 is 0 Å². The number of hydrogen-bond donors (Lipinski definition) is 4. The summed E-state index contributed by atoms with van der Waals surface area (Å²) < 4.78 is 0. The smallest absolute Gasteiger partial charge is 0.141 e. The number of amidine groups is 1. The maximum Gasteiger partial charge on any atom is 0.141 e. The van der Waals surface area contributed by atoms with Crippen molar-refractivity contribution in [3.8, 4) is 0 Å². The molecule has 0 aromatic heterocycles. The number of nitrogens with zero attached hydrogens (tertiary/aromatic N) is 1. The van der Waals surface area contributed by atoms with Gasteiger partial charge in [-0.25, -0.2) is 0 Å². The average Bonchev–Trinajstić information content (AvgIpc) is 2.42. The van der Waals surface area contributed by atoms with Gasteiger partial charge in [0.15, 0.2) is 0 Å². The lowest BCUT2D eigenvalue weighted by atomic mass is 9.93. The number of aliphatic hydroxyl groups is 1. The van der Waals surface area contributed by atoms with Gasteiger partial charge in [0.1, 0.15) is 5.84 Å². The average molecular weight is 293 g/mol. The predicted octanol–water partition coefficient (Wildman–Crippen LogP) is 2.25. The number of hydrogen-bond acceptors (Lipinski definition) is 4. The van der Waals surface area contributed by atoms with Crippen LogP contribution in [-0.2, 0) is 0 Å². The molecule has 0 saturated heterocycles. The molecule has 1 rings (SSSR count). The number of benzene rings is 1. The fourth-order valence-electron chi connectivity index (χ4n) is 2.54. The van der Waals surface area contributed by atoms with Crippen LogP contribution < -0.4 is 11.1 Å². The Labute approximate surface area is 126 Å². The molecule has 0 aliphatic rings. The minimum atomic E-state index is -0.785. The van der Waals surface area contributed by atoms with E-state index < -0.39 is 5.60 Å². The molecule has 0 radical (unpaired) electrons. The van der Waals surface area contributed by atoms with Crippen molar-refractivity contribution >= 4 is 5.84 Å². The van der Waals surface area contributed by atoms with Gasteiger partial charge < -0.3 is 21.4 Å². The van der Waals surface area contributed by atoms with Gasteiger partial charge in [-0.15, -0.1) is 0 Å².